The fraction of sp³-hybridized carbons (Fsp3) is 0.174. The van der Waals surface area contributed by atoms with Crippen molar-refractivity contribution in [1.29, 1.82) is 0 Å². The molecule has 124 valence electrons. The summed E-state index contributed by atoms with van der Waals surface area (Å²) in [6.45, 7) is 6.36. The summed E-state index contributed by atoms with van der Waals surface area (Å²) in [5.41, 5.74) is 9.02. The number of hydrogen-bond acceptors (Lipinski definition) is 2. The zero-order valence-electron chi connectivity index (χ0n) is 14.7. The highest BCUT2D eigenvalue weighted by atomic mass is 15.1. The Hall–Kier alpha value is -2.87. The molecular formula is C23H22N2. The number of benzene rings is 3. The summed E-state index contributed by atoms with van der Waals surface area (Å²) in [5, 5.41) is 0. The van der Waals surface area contributed by atoms with Crippen LogP contribution in [0.1, 0.15) is 27.8 Å². The first-order valence-electron chi connectivity index (χ1n) is 8.72. The summed E-state index contributed by atoms with van der Waals surface area (Å²) in [4.78, 5) is 6.99. The van der Waals surface area contributed by atoms with E-state index in [2.05, 4.69) is 72.3 Å². The largest absolute Gasteiger partial charge is 0.363 e. The summed E-state index contributed by atoms with van der Waals surface area (Å²) < 4.78 is 0. The van der Waals surface area contributed by atoms with Gasteiger partial charge in [0.1, 0.15) is 0 Å². The lowest BCUT2D eigenvalue weighted by molar-refractivity contribution is 0.880. The summed E-state index contributed by atoms with van der Waals surface area (Å²) in [5.74, 6) is 0. The molecule has 0 atom stereocenters. The van der Waals surface area contributed by atoms with Crippen molar-refractivity contribution in [3.63, 3.8) is 0 Å². The predicted molar refractivity (Wildman–Crippen MR) is 106 cm³/mol. The molecule has 0 N–H and O–H groups in total. The molecule has 0 bridgehead atoms. The zero-order valence-corrected chi connectivity index (χ0v) is 14.7. The molecule has 1 aliphatic heterocycles. The predicted octanol–water partition coefficient (Wildman–Crippen LogP) is 5.57. The highest BCUT2D eigenvalue weighted by Crippen LogP contribution is 2.31. The van der Waals surface area contributed by atoms with E-state index in [0.717, 1.165) is 24.3 Å². The quantitative estimate of drug-likeness (QED) is 0.574. The third-order valence-corrected chi connectivity index (χ3v) is 4.92. The highest BCUT2D eigenvalue weighted by Gasteiger charge is 2.19. The number of anilines is 1. The molecule has 0 fully saturated rings. The lowest BCUT2D eigenvalue weighted by atomic mass is 10.0. The average molecular weight is 326 g/mol. The van der Waals surface area contributed by atoms with Gasteiger partial charge in [0.15, 0.2) is 0 Å². The number of rotatable bonds is 3. The minimum Gasteiger partial charge on any atom is -0.363 e. The van der Waals surface area contributed by atoms with E-state index in [0.29, 0.717) is 0 Å². The Morgan fingerprint density at radius 1 is 0.800 bits per heavy atom. The molecule has 0 aromatic heterocycles. The van der Waals surface area contributed by atoms with Gasteiger partial charge < -0.3 is 4.90 Å². The molecular weight excluding hydrogens is 304 g/mol. The molecule has 0 saturated carbocycles. The van der Waals surface area contributed by atoms with Crippen LogP contribution in [-0.2, 0) is 13.1 Å². The van der Waals surface area contributed by atoms with E-state index in [1.54, 1.807) is 0 Å². The first-order chi connectivity index (χ1) is 12.2. The van der Waals surface area contributed by atoms with Gasteiger partial charge in [0, 0.05) is 25.0 Å². The summed E-state index contributed by atoms with van der Waals surface area (Å²) in [6, 6.07) is 23.4. The minimum atomic E-state index is 0.982. The van der Waals surface area contributed by atoms with E-state index in [9.17, 15) is 0 Å². The first kappa shape index (κ1) is 15.6. The molecule has 0 aliphatic carbocycles. The molecule has 3 aromatic rings. The fourth-order valence-electron chi connectivity index (χ4n) is 3.32. The monoisotopic (exact) mass is 326 g/mol. The van der Waals surface area contributed by atoms with E-state index in [-0.39, 0.29) is 0 Å². The molecule has 2 nitrogen and oxygen atoms in total. The molecule has 2 heteroatoms. The Kier molecular flexibility index (Phi) is 4.10. The Balaban J connectivity index is 1.49. The average Bonchev–Trinajstić information content (AvgIpc) is 3.04. The van der Waals surface area contributed by atoms with Gasteiger partial charge in [-0.3, -0.25) is 4.99 Å². The maximum absolute atomic E-state index is 4.56. The maximum atomic E-state index is 4.56. The molecule has 4 rings (SSSR count). The van der Waals surface area contributed by atoms with Crippen molar-refractivity contribution in [2.45, 2.75) is 26.9 Å². The number of hydrogen-bond donors (Lipinski definition) is 0. The van der Waals surface area contributed by atoms with Crippen molar-refractivity contribution in [1.82, 2.24) is 0 Å². The first-order valence-corrected chi connectivity index (χ1v) is 8.72. The van der Waals surface area contributed by atoms with Crippen LogP contribution in [0, 0.1) is 13.8 Å². The van der Waals surface area contributed by atoms with Crippen molar-refractivity contribution < 1.29 is 0 Å². The topological polar surface area (TPSA) is 15.6 Å². The molecule has 0 radical (unpaired) electrons. The van der Waals surface area contributed by atoms with Gasteiger partial charge in [-0.25, -0.2) is 0 Å². The van der Waals surface area contributed by atoms with Crippen LogP contribution >= 0.6 is 0 Å². The van der Waals surface area contributed by atoms with Crippen LogP contribution < -0.4 is 4.90 Å². The SMILES string of the molecule is Cc1cc2c(cc1C)CN(c1ccc(N=Cc3ccccc3)cc1)C2. The second kappa shape index (κ2) is 6.56. The fourth-order valence-corrected chi connectivity index (χ4v) is 3.32. The zero-order chi connectivity index (χ0) is 17.2. The van der Waals surface area contributed by atoms with Crippen LogP contribution in [0.3, 0.4) is 0 Å². The maximum Gasteiger partial charge on any atom is 0.0631 e. The molecule has 1 aliphatic rings. The normalized spacial score (nSPS) is 13.4. The molecule has 0 spiro atoms. The van der Waals surface area contributed by atoms with Gasteiger partial charge in [0.2, 0.25) is 0 Å². The van der Waals surface area contributed by atoms with E-state index in [4.69, 9.17) is 0 Å². The lowest BCUT2D eigenvalue weighted by Crippen LogP contribution is -2.13. The Bertz CT molecular complexity index is 878. The van der Waals surface area contributed by atoms with Crippen molar-refractivity contribution >= 4 is 17.6 Å². The van der Waals surface area contributed by atoms with Gasteiger partial charge in [0.05, 0.1) is 5.69 Å². The Morgan fingerprint density at radius 3 is 2.00 bits per heavy atom. The van der Waals surface area contributed by atoms with Crippen molar-refractivity contribution in [2.75, 3.05) is 4.90 Å². The van der Waals surface area contributed by atoms with Crippen LogP contribution in [0.15, 0.2) is 71.7 Å². The second-order valence-electron chi connectivity index (χ2n) is 6.75. The van der Waals surface area contributed by atoms with Crippen LogP contribution in [0.4, 0.5) is 11.4 Å². The third-order valence-electron chi connectivity index (χ3n) is 4.92. The molecule has 3 aromatic carbocycles. The van der Waals surface area contributed by atoms with Gasteiger partial charge in [-0.1, -0.05) is 42.5 Å². The Morgan fingerprint density at radius 2 is 1.40 bits per heavy atom. The standard InChI is InChI=1S/C23H22N2/c1-17-12-20-15-25(16-21(20)13-18(17)2)23-10-8-22(9-11-23)24-14-19-6-4-3-5-7-19/h3-14H,15-16H2,1-2H3. The van der Waals surface area contributed by atoms with Gasteiger partial charge in [-0.05, 0) is 65.9 Å². The van der Waals surface area contributed by atoms with E-state index in [1.807, 2.05) is 24.4 Å². The smallest absolute Gasteiger partial charge is 0.0631 e. The molecule has 1 heterocycles. The van der Waals surface area contributed by atoms with Crippen LogP contribution in [0.25, 0.3) is 0 Å². The third kappa shape index (κ3) is 3.34. The van der Waals surface area contributed by atoms with Gasteiger partial charge >= 0.3 is 0 Å². The van der Waals surface area contributed by atoms with Crippen LogP contribution in [-0.4, -0.2) is 6.21 Å². The van der Waals surface area contributed by atoms with E-state index in [1.165, 1.54) is 27.9 Å². The van der Waals surface area contributed by atoms with Crippen LogP contribution in [0.5, 0.6) is 0 Å². The minimum absolute atomic E-state index is 0.982. The lowest BCUT2D eigenvalue weighted by Gasteiger charge is -2.17. The van der Waals surface area contributed by atoms with Crippen molar-refractivity contribution in [3.8, 4) is 0 Å². The molecule has 25 heavy (non-hydrogen) atoms. The summed E-state index contributed by atoms with van der Waals surface area (Å²) in [7, 11) is 0. The number of nitrogens with zero attached hydrogens (tertiary/aromatic N) is 2. The van der Waals surface area contributed by atoms with Crippen molar-refractivity contribution in [3.05, 3.63) is 94.5 Å². The van der Waals surface area contributed by atoms with Gasteiger partial charge in [-0.15, -0.1) is 0 Å². The van der Waals surface area contributed by atoms with E-state index >= 15 is 0 Å². The molecule has 0 amide bonds. The summed E-state index contributed by atoms with van der Waals surface area (Å²) in [6.07, 6.45) is 1.91. The van der Waals surface area contributed by atoms with Gasteiger partial charge in [0.25, 0.3) is 0 Å². The number of fused-ring (bicyclic) bond motifs is 1. The second-order valence-corrected chi connectivity index (χ2v) is 6.75. The highest BCUT2D eigenvalue weighted by molar-refractivity contribution is 5.81. The van der Waals surface area contributed by atoms with E-state index < -0.39 is 0 Å². The number of aliphatic imine (C=N–C) groups is 1. The number of aryl methyl sites for hydroxylation is 2. The Labute approximate surface area is 149 Å². The molecule has 0 saturated heterocycles. The van der Waals surface area contributed by atoms with Crippen LogP contribution in [0.2, 0.25) is 0 Å². The van der Waals surface area contributed by atoms with Crippen molar-refractivity contribution in [2.24, 2.45) is 4.99 Å². The summed E-state index contributed by atoms with van der Waals surface area (Å²) >= 11 is 0. The molecule has 0 unspecified atom stereocenters. The van der Waals surface area contributed by atoms with Gasteiger partial charge in [-0.2, -0.15) is 0 Å².